The number of aromatic nitrogens is 6. The zero-order valence-electron chi connectivity index (χ0n) is 20.0. The van der Waals surface area contributed by atoms with Crippen LogP contribution in [0.2, 0.25) is 0 Å². The van der Waals surface area contributed by atoms with Crippen molar-refractivity contribution in [3.05, 3.63) is 90.4 Å². The molecule has 6 rings (SSSR count). The highest BCUT2D eigenvalue weighted by atomic mass is 15.3. The molecule has 2 aromatic carbocycles. The van der Waals surface area contributed by atoms with Gasteiger partial charge in [0.25, 0.3) is 0 Å². The predicted octanol–water partition coefficient (Wildman–Crippen LogP) is 5.83. The number of pyridine rings is 1. The van der Waals surface area contributed by atoms with E-state index in [-0.39, 0.29) is 6.04 Å². The third-order valence-corrected chi connectivity index (χ3v) is 6.44. The van der Waals surface area contributed by atoms with E-state index in [1.807, 2.05) is 29.0 Å². The van der Waals surface area contributed by atoms with Gasteiger partial charge in [-0.05, 0) is 56.2 Å². The lowest BCUT2D eigenvalue weighted by Crippen LogP contribution is -2.15. The van der Waals surface area contributed by atoms with E-state index in [0.717, 1.165) is 45.1 Å². The van der Waals surface area contributed by atoms with Crippen LogP contribution >= 0.6 is 0 Å². The van der Waals surface area contributed by atoms with Crippen LogP contribution in [0.4, 0.5) is 5.82 Å². The van der Waals surface area contributed by atoms with Gasteiger partial charge in [0.1, 0.15) is 17.8 Å². The average molecular weight is 460 g/mol. The Balaban J connectivity index is 1.33. The molecule has 1 aliphatic rings. The fourth-order valence-electron chi connectivity index (χ4n) is 4.53. The van der Waals surface area contributed by atoms with Gasteiger partial charge in [-0.3, -0.25) is 0 Å². The van der Waals surface area contributed by atoms with Crippen LogP contribution in [0, 0.1) is 6.92 Å². The molecular formula is C28H25N7. The topological polar surface area (TPSA) is 72.6 Å². The van der Waals surface area contributed by atoms with Gasteiger partial charge < -0.3 is 9.47 Å². The summed E-state index contributed by atoms with van der Waals surface area (Å²) < 4.78 is 2.02. The summed E-state index contributed by atoms with van der Waals surface area (Å²) in [5.74, 6) is 2.31. The summed E-state index contributed by atoms with van der Waals surface area (Å²) in [4.78, 5) is 16.5. The van der Waals surface area contributed by atoms with Crippen molar-refractivity contribution in [2.75, 3.05) is 4.90 Å². The molecule has 0 atom stereocenters. The van der Waals surface area contributed by atoms with Crippen LogP contribution in [-0.2, 0) is 6.54 Å². The highest BCUT2D eigenvalue weighted by molar-refractivity contribution is 5.85. The third kappa shape index (κ3) is 3.65. The quantitative estimate of drug-likeness (QED) is 0.337. The van der Waals surface area contributed by atoms with Crippen LogP contribution in [0.15, 0.2) is 73.7 Å². The Kier molecular flexibility index (Phi) is 4.91. The van der Waals surface area contributed by atoms with Crippen LogP contribution in [-0.4, -0.2) is 29.7 Å². The molecule has 7 nitrogen and oxygen atoms in total. The zero-order valence-corrected chi connectivity index (χ0v) is 20.0. The molecular weight excluding hydrogens is 434 g/mol. The van der Waals surface area contributed by atoms with Crippen molar-refractivity contribution in [3.8, 4) is 22.9 Å². The normalized spacial score (nSPS) is 13.1. The van der Waals surface area contributed by atoms with Gasteiger partial charge in [0.05, 0.1) is 12.1 Å². The highest BCUT2D eigenvalue weighted by Gasteiger charge is 2.26. The van der Waals surface area contributed by atoms with E-state index in [4.69, 9.17) is 9.97 Å². The van der Waals surface area contributed by atoms with Crippen molar-refractivity contribution in [1.29, 1.82) is 0 Å². The van der Waals surface area contributed by atoms with E-state index in [1.165, 1.54) is 11.1 Å². The Morgan fingerprint density at radius 2 is 1.89 bits per heavy atom. The smallest absolute Gasteiger partial charge is 0.182 e. The minimum Gasteiger partial charge on any atom is -0.322 e. The Bertz CT molecular complexity index is 1600. The maximum atomic E-state index is 4.91. The second kappa shape index (κ2) is 8.13. The first-order chi connectivity index (χ1) is 17.0. The molecule has 3 aromatic heterocycles. The van der Waals surface area contributed by atoms with Gasteiger partial charge in [-0.1, -0.05) is 36.9 Å². The molecule has 0 saturated heterocycles. The zero-order chi connectivity index (χ0) is 24.1. The molecule has 0 amide bonds. The largest absolute Gasteiger partial charge is 0.322 e. The molecule has 0 unspecified atom stereocenters. The maximum Gasteiger partial charge on any atom is 0.182 e. The molecule has 0 radical (unpaired) electrons. The Labute approximate surface area is 203 Å². The van der Waals surface area contributed by atoms with Gasteiger partial charge in [0.15, 0.2) is 11.6 Å². The highest BCUT2D eigenvalue weighted by Crippen LogP contribution is 2.37. The monoisotopic (exact) mass is 459 g/mol. The Hall–Kier alpha value is -4.39. The van der Waals surface area contributed by atoms with Crippen molar-refractivity contribution >= 4 is 22.4 Å². The molecule has 1 aliphatic heterocycles. The first-order valence-corrected chi connectivity index (χ1v) is 11.7. The molecule has 35 heavy (non-hydrogen) atoms. The third-order valence-electron chi connectivity index (χ3n) is 6.44. The lowest BCUT2D eigenvalue weighted by molar-refractivity contribution is 0.603. The first-order valence-electron chi connectivity index (χ1n) is 11.7. The van der Waals surface area contributed by atoms with Crippen LogP contribution in [0.25, 0.3) is 39.5 Å². The van der Waals surface area contributed by atoms with Crippen molar-refractivity contribution in [1.82, 2.24) is 29.7 Å². The number of benzene rings is 2. The van der Waals surface area contributed by atoms with E-state index in [0.29, 0.717) is 12.4 Å². The minimum atomic E-state index is 0.246. The Morgan fingerprint density at radius 1 is 1.00 bits per heavy atom. The predicted molar refractivity (Wildman–Crippen MR) is 139 cm³/mol. The van der Waals surface area contributed by atoms with Crippen LogP contribution in [0.5, 0.6) is 0 Å². The summed E-state index contributed by atoms with van der Waals surface area (Å²) in [5, 5.41) is 9.43. The van der Waals surface area contributed by atoms with Crippen molar-refractivity contribution in [2.45, 2.75) is 33.4 Å². The minimum absolute atomic E-state index is 0.246. The second-order valence-corrected chi connectivity index (χ2v) is 9.20. The summed E-state index contributed by atoms with van der Waals surface area (Å²) in [6.07, 6.45) is 3.63. The molecule has 172 valence electrons. The molecule has 5 aromatic rings. The van der Waals surface area contributed by atoms with E-state index in [1.54, 1.807) is 6.33 Å². The van der Waals surface area contributed by atoms with E-state index >= 15 is 0 Å². The second-order valence-electron chi connectivity index (χ2n) is 9.20. The summed E-state index contributed by atoms with van der Waals surface area (Å²) >= 11 is 0. The van der Waals surface area contributed by atoms with Gasteiger partial charge in [-0.15, -0.1) is 10.2 Å². The fraction of sp³-hybridized carbons (Fsp3) is 0.179. The van der Waals surface area contributed by atoms with E-state index < -0.39 is 0 Å². The van der Waals surface area contributed by atoms with Crippen molar-refractivity contribution in [3.63, 3.8) is 0 Å². The van der Waals surface area contributed by atoms with Crippen molar-refractivity contribution < 1.29 is 0 Å². The van der Waals surface area contributed by atoms with Crippen LogP contribution in [0.1, 0.15) is 36.6 Å². The number of rotatable bonds is 4. The number of fused-ring (bicyclic) bond motifs is 2. The number of nitrogens with zero attached hydrogens (tertiary/aromatic N) is 7. The summed E-state index contributed by atoms with van der Waals surface area (Å²) in [7, 11) is 0. The van der Waals surface area contributed by atoms with Gasteiger partial charge in [-0.2, -0.15) is 0 Å². The molecule has 7 heteroatoms. The standard InChI is InChI=1S/C28H25N7/c1-17(2)35-16-30-33-28(35)24-6-5-7-26(31-24)34-15-22-11-10-20(13-23(22)19(34)4)27-29-14-21-9-8-18(3)12-25(21)32-27/h5-14,16-17H,4,15H2,1-3H3. The SMILES string of the molecule is C=C1c2cc(-c3ncc4ccc(C)cc4n3)ccc2CN1c1cccc(-c2nncn2C(C)C)n1. The summed E-state index contributed by atoms with van der Waals surface area (Å²) in [6.45, 7) is 11.4. The van der Waals surface area contributed by atoms with Gasteiger partial charge >= 0.3 is 0 Å². The van der Waals surface area contributed by atoms with Crippen LogP contribution in [0.3, 0.4) is 0 Å². The number of anilines is 1. The lowest BCUT2D eigenvalue weighted by Gasteiger charge is -2.19. The molecule has 0 fully saturated rings. The number of hydrogen-bond donors (Lipinski definition) is 0. The van der Waals surface area contributed by atoms with Crippen molar-refractivity contribution in [2.24, 2.45) is 0 Å². The number of aryl methyl sites for hydroxylation is 1. The lowest BCUT2D eigenvalue weighted by atomic mass is 10.0. The van der Waals surface area contributed by atoms with E-state index in [9.17, 15) is 0 Å². The average Bonchev–Trinajstić information content (AvgIpc) is 3.49. The van der Waals surface area contributed by atoms with E-state index in [2.05, 4.69) is 83.8 Å². The molecule has 0 aliphatic carbocycles. The fourth-order valence-corrected chi connectivity index (χ4v) is 4.53. The Morgan fingerprint density at radius 3 is 2.74 bits per heavy atom. The molecule has 4 heterocycles. The van der Waals surface area contributed by atoms with Gasteiger partial charge in [-0.25, -0.2) is 15.0 Å². The molecule has 0 spiro atoms. The van der Waals surface area contributed by atoms with Gasteiger partial charge in [0.2, 0.25) is 0 Å². The molecule has 0 saturated carbocycles. The summed E-state index contributed by atoms with van der Waals surface area (Å²) in [5.41, 5.74) is 7.10. The first kappa shape index (κ1) is 21.2. The van der Waals surface area contributed by atoms with Gasteiger partial charge in [0, 0.05) is 34.4 Å². The molecule has 0 N–H and O–H groups in total. The van der Waals surface area contributed by atoms with Crippen LogP contribution < -0.4 is 4.90 Å². The molecule has 0 bridgehead atoms. The number of hydrogen-bond acceptors (Lipinski definition) is 6. The maximum absolute atomic E-state index is 4.91. The summed E-state index contributed by atoms with van der Waals surface area (Å²) in [6, 6.07) is 18.8.